The number of pyridine rings is 1. The van der Waals surface area contributed by atoms with E-state index in [2.05, 4.69) is 97.9 Å². The molecule has 2 aromatic carbocycles. The van der Waals surface area contributed by atoms with Crippen molar-refractivity contribution in [2.45, 2.75) is 38.3 Å². The molecule has 5 nitrogen and oxygen atoms in total. The van der Waals surface area contributed by atoms with Gasteiger partial charge in [0.15, 0.2) is 0 Å². The van der Waals surface area contributed by atoms with Gasteiger partial charge in [0.2, 0.25) is 0 Å². The zero-order valence-corrected chi connectivity index (χ0v) is 22.7. The highest BCUT2D eigenvalue weighted by atomic mass is 79.9. The minimum Gasteiger partial charge on any atom is -0.495 e. The van der Waals surface area contributed by atoms with E-state index in [1.54, 1.807) is 7.11 Å². The number of para-hydroxylation sites is 1. The zero-order chi connectivity index (χ0) is 23.4. The Labute approximate surface area is 213 Å². The lowest BCUT2D eigenvalue weighted by atomic mass is 9.86. The maximum atomic E-state index is 5.57. The lowest BCUT2D eigenvalue weighted by Crippen LogP contribution is -2.31. The molecule has 7 heteroatoms. The molecule has 1 aliphatic carbocycles. The molecule has 33 heavy (non-hydrogen) atoms. The van der Waals surface area contributed by atoms with Gasteiger partial charge >= 0.3 is 0 Å². The van der Waals surface area contributed by atoms with Crippen molar-refractivity contribution < 1.29 is 4.74 Å². The fourth-order valence-corrected chi connectivity index (χ4v) is 6.18. The Morgan fingerprint density at radius 3 is 2.55 bits per heavy atom. The quantitative estimate of drug-likeness (QED) is 0.317. The second-order valence-electron chi connectivity index (χ2n) is 9.01. The van der Waals surface area contributed by atoms with Crippen LogP contribution in [-0.2, 0) is 6.54 Å². The molecular weight excluding hydrogens is 544 g/mol. The molecule has 0 saturated heterocycles. The van der Waals surface area contributed by atoms with E-state index in [9.17, 15) is 0 Å². The van der Waals surface area contributed by atoms with Crippen LogP contribution in [0.5, 0.6) is 5.75 Å². The molecule has 0 bridgehead atoms. The van der Waals surface area contributed by atoms with Crippen molar-refractivity contribution in [3.05, 3.63) is 57.0 Å². The van der Waals surface area contributed by atoms with Crippen LogP contribution in [0.25, 0.3) is 10.9 Å². The van der Waals surface area contributed by atoms with Crippen LogP contribution in [0.2, 0.25) is 0 Å². The average Bonchev–Trinajstić information content (AvgIpc) is 2.79. The molecule has 1 aliphatic rings. The molecule has 1 aromatic heterocycles. The largest absolute Gasteiger partial charge is 0.495 e. The molecule has 1 saturated carbocycles. The molecule has 4 rings (SSSR count). The Bertz CT molecular complexity index is 1100. The highest BCUT2D eigenvalue weighted by molar-refractivity contribution is 9.11. The second-order valence-corrected chi connectivity index (χ2v) is 10.8. The van der Waals surface area contributed by atoms with Gasteiger partial charge in [-0.2, -0.15) is 0 Å². The Morgan fingerprint density at radius 1 is 1.06 bits per heavy atom. The van der Waals surface area contributed by atoms with Crippen LogP contribution in [0.3, 0.4) is 0 Å². The molecule has 2 N–H and O–H groups in total. The first-order chi connectivity index (χ1) is 15.9. The number of benzene rings is 2. The predicted octanol–water partition coefficient (Wildman–Crippen LogP) is 6.59. The van der Waals surface area contributed by atoms with Gasteiger partial charge in [0, 0.05) is 53.9 Å². The van der Waals surface area contributed by atoms with Gasteiger partial charge < -0.3 is 20.3 Å². The van der Waals surface area contributed by atoms with Gasteiger partial charge in [0.1, 0.15) is 11.6 Å². The lowest BCUT2D eigenvalue weighted by molar-refractivity contribution is 0.323. The van der Waals surface area contributed by atoms with Crippen molar-refractivity contribution >= 4 is 54.3 Å². The number of hydrogen-bond acceptors (Lipinski definition) is 5. The maximum Gasteiger partial charge on any atom is 0.137 e. The molecule has 1 heterocycles. The minimum atomic E-state index is 0.478. The molecule has 0 radical (unpaired) electrons. The number of ether oxygens (including phenoxy) is 1. The number of nitrogens with zero attached hydrogens (tertiary/aromatic N) is 2. The number of aromatic nitrogens is 1. The maximum absolute atomic E-state index is 5.57. The summed E-state index contributed by atoms with van der Waals surface area (Å²) >= 11 is 7.16. The highest BCUT2D eigenvalue weighted by Gasteiger charge is 2.22. The summed E-state index contributed by atoms with van der Waals surface area (Å²) in [6.07, 6.45) is 4.78. The van der Waals surface area contributed by atoms with E-state index in [-0.39, 0.29) is 0 Å². The highest BCUT2D eigenvalue weighted by Crippen LogP contribution is 2.33. The lowest BCUT2D eigenvalue weighted by Gasteiger charge is -2.30. The third kappa shape index (κ3) is 6.00. The van der Waals surface area contributed by atoms with Crippen LogP contribution >= 0.6 is 31.9 Å². The summed E-state index contributed by atoms with van der Waals surface area (Å²) in [4.78, 5) is 7.04. The van der Waals surface area contributed by atoms with Gasteiger partial charge in [-0.15, -0.1) is 0 Å². The van der Waals surface area contributed by atoms with Crippen molar-refractivity contribution in [1.29, 1.82) is 0 Å². The van der Waals surface area contributed by atoms with E-state index >= 15 is 0 Å². The third-order valence-corrected chi connectivity index (χ3v) is 7.46. The number of nitrogens with one attached hydrogen (secondary N) is 2. The first-order valence-electron chi connectivity index (χ1n) is 11.5. The van der Waals surface area contributed by atoms with Gasteiger partial charge in [-0.1, -0.05) is 34.1 Å². The molecule has 0 aliphatic heterocycles. The van der Waals surface area contributed by atoms with Gasteiger partial charge in [-0.3, -0.25) is 0 Å². The Hall–Kier alpha value is -1.83. The Morgan fingerprint density at radius 2 is 1.82 bits per heavy atom. The summed E-state index contributed by atoms with van der Waals surface area (Å²) in [6, 6.07) is 15.2. The van der Waals surface area contributed by atoms with Crippen LogP contribution in [0.15, 0.2) is 51.4 Å². The summed E-state index contributed by atoms with van der Waals surface area (Å²) in [5.74, 6) is 2.58. The van der Waals surface area contributed by atoms with Gasteiger partial charge in [0.05, 0.1) is 17.1 Å². The van der Waals surface area contributed by atoms with E-state index in [0.29, 0.717) is 12.0 Å². The number of anilines is 2. The Kier molecular flexibility index (Phi) is 8.15. The SMILES string of the molecule is COc1c(Br)cc(Br)cc1CNCC1CCC(Nc2cc(N(C)C)c3ccccc3n2)CC1. The second kappa shape index (κ2) is 11.1. The van der Waals surface area contributed by atoms with E-state index in [1.165, 1.54) is 36.8 Å². The molecule has 0 spiro atoms. The normalized spacial score (nSPS) is 18.3. The molecule has 3 aromatic rings. The number of halogens is 2. The summed E-state index contributed by atoms with van der Waals surface area (Å²) in [6.45, 7) is 1.83. The van der Waals surface area contributed by atoms with Crippen LogP contribution in [-0.4, -0.2) is 38.8 Å². The number of fused-ring (bicyclic) bond motifs is 1. The number of methoxy groups -OCH3 is 1. The standard InChI is InChI=1S/C26H32Br2N4O/c1-32(2)24-14-25(31-23-7-5-4-6-21(23)24)30-20-10-8-17(9-11-20)15-29-16-18-12-19(27)13-22(28)26(18)33-3/h4-7,12-14,17,20,29H,8-11,15-16H2,1-3H3,(H,30,31). The van der Waals surface area contributed by atoms with E-state index in [1.807, 2.05) is 6.07 Å². The van der Waals surface area contributed by atoms with Crippen molar-refractivity contribution in [1.82, 2.24) is 10.3 Å². The van der Waals surface area contributed by atoms with Gasteiger partial charge in [-0.05, 0) is 72.3 Å². The van der Waals surface area contributed by atoms with Crippen molar-refractivity contribution in [2.75, 3.05) is 38.0 Å². The zero-order valence-electron chi connectivity index (χ0n) is 19.5. The van der Waals surface area contributed by atoms with Crippen molar-refractivity contribution in [3.8, 4) is 5.75 Å². The molecule has 0 atom stereocenters. The summed E-state index contributed by atoms with van der Waals surface area (Å²) < 4.78 is 7.60. The van der Waals surface area contributed by atoms with E-state index in [0.717, 1.165) is 44.7 Å². The first kappa shape index (κ1) is 24.3. The summed E-state index contributed by atoms with van der Waals surface area (Å²) in [5.41, 5.74) is 3.41. The van der Waals surface area contributed by atoms with Crippen LogP contribution in [0.1, 0.15) is 31.2 Å². The summed E-state index contributed by atoms with van der Waals surface area (Å²) in [5, 5.41) is 8.55. The first-order valence-corrected chi connectivity index (χ1v) is 13.1. The average molecular weight is 576 g/mol. The fraction of sp³-hybridized carbons (Fsp3) is 0.423. The molecule has 176 valence electrons. The number of rotatable bonds is 8. The third-order valence-electron chi connectivity index (χ3n) is 6.41. The van der Waals surface area contributed by atoms with Crippen LogP contribution < -0.4 is 20.3 Å². The molecule has 1 fully saturated rings. The van der Waals surface area contributed by atoms with Crippen molar-refractivity contribution in [3.63, 3.8) is 0 Å². The van der Waals surface area contributed by atoms with Gasteiger partial charge in [-0.25, -0.2) is 4.98 Å². The topological polar surface area (TPSA) is 49.4 Å². The summed E-state index contributed by atoms with van der Waals surface area (Å²) in [7, 11) is 5.90. The van der Waals surface area contributed by atoms with Gasteiger partial charge in [0.25, 0.3) is 0 Å². The monoisotopic (exact) mass is 574 g/mol. The minimum absolute atomic E-state index is 0.478. The molecule has 0 amide bonds. The Balaban J connectivity index is 1.30. The fourth-order valence-electron chi connectivity index (χ4n) is 4.71. The van der Waals surface area contributed by atoms with Crippen LogP contribution in [0, 0.1) is 5.92 Å². The molecule has 0 unspecified atom stereocenters. The van der Waals surface area contributed by atoms with E-state index in [4.69, 9.17) is 9.72 Å². The van der Waals surface area contributed by atoms with E-state index < -0.39 is 0 Å². The van der Waals surface area contributed by atoms with Crippen LogP contribution in [0.4, 0.5) is 11.5 Å². The smallest absolute Gasteiger partial charge is 0.137 e. The number of hydrogen-bond donors (Lipinski definition) is 2. The molecular formula is C26H32Br2N4O. The van der Waals surface area contributed by atoms with Crippen molar-refractivity contribution in [2.24, 2.45) is 5.92 Å². The predicted molar refractivity (Wildman–Crippen MR) is 146 cm³/mol.